The second-order valence-electron chi connectivity index (χ2n) is 2.59. The van der Waals surface area contributed by atoms with Crippen LogP contribution in [0.1, 0.15) is 5.69 Å². The molecule has 15 heavy (non-hydrogen) atoms. The molecule has 74 valence electrons. The number of aromatic nitrogens is 4. The van der Waals surface area contributed by atoms with Crippen molar-refractivity contribution in [3.05, 3.63) is 24.2 Å². The fourth-order valence-electron chi connectivity index (χ4n) is 0.941. The standard InChI is InChI=1S/C8H6N6S/c9-3-6-5(10)1-2-7(13-6)15-8-11-4-12-14-8/h1-2,4H,10H2,(H,11,12,14). The molecule has 0 aromatic carbocycles. The van der Waals surface area contributed by atoms with Gasteiger partial charge in [0, 0.05) is 0 Å². The maximum absolute atomic E-state index is 8.73. The van der Waals surface area contributed by atoms with Gasteiger partial charge in [-0.1, -0.05) is 0 Å². The van der Waals surface area contributed by atoms with Crippen LogP contribution in [0.3, 0.4) is 0 Å². The SMILES string of the molecule is N#Cc1nc(Sc2ncn[nH]2)ccc1N. The molecule has 0 radical (unpaired) electrons. The number of nitrogens with zero attached hydrogens (tertiary/aromatic N) is 4. The van der Waals surface area contributed by atoms with Crippen molar-refractivity contribution in [2.24, 2.45) is 0 Å². The molecule has 0 aliphatic heterocycles. The first-order valence-electron chi connectivity index (χ1n) is 3.99. The van der Waals surface area contributed by atoms with Crippen LogP contribution in [0.2, 0.25) is 0 Å². The summed E-state index contributed by atoms with van der Waals surface area (Å²) in [5, 5.41) is 16.4. The van der Waals surface area contributed by atoms with Crippen molar-refractivity contribution in [1.82, 2.24) is 20.2 Å². The molecule has 0 spiro atoms. The van der Waals surface area contributed by atoms with Crippen molar-refractivity contribution >= 4 is 17.4 Å². The van der Waals surface area contributed by atoms with Gasteiger partial charge in [0.15, 0.2) is 10.9 Å². The summed E-state index contributed by atoms with van der Waals surface area (Å²) in [6, 6.07) is 5.29. The van der Waals surface area contributed by atoms with Gasteiger partial charge in [0.05, 0.1) is 5.69 Å². The van der Waals surface area contributed by atoms with Gasteiger partial charge in [0.25, 0.3) is 0 Å². The third-order valence-corrected chi connectivity index (χ3v) is 2.43. The van der Waals surface area contributed by atoms with Gasteiger partial charge in [-0.15, -0.1) is 0 Å². The fourth-order valence-corrected chi connectivity index (χ4v) is 1.61. The van der Waals surface area contributed by atoms with Crippen LogP contribution in [-0.4, -0.2) is 20.2 Å². The predicted molar refractivity (Wildman–Crippen MR) is 53.9 cm³/mol. The average molecular weight is 218 g/mol. The molecule has 2 heterocycles. The van der Waals surface area contributed by atoms with E-state index in [1.54, 1.807) is 12.1 Å². The van der Waals surface area contributed by atoms with Gasteiger partial charge in [-0.25, -0.2) is 9.97 Å². The third-order valence-electron chi connectivity index (χ3n) is 1.60. The summed E-state index contributed by atoms with van der Waals surface area (Å²) in [5.41, 5.74) is 6.14. The number of pyridine rings is 1. The van der Waals surface area contributed by atoms with Crippen LogP contribution in [0.4, 0.5) is 5.69 Å². The number of hydrogen-bond acceptors (Lipinski definition) is 6. The van der Waals surface area contributed by atoms with E-state index in [4.69, 9.17) is 11.0 Å². The summed E-state index contributed by atoms with van der Waals surface area (Å²) in [5.74, 6) is 0. The van der Waals surface area contributed by atoms with E-state index in [1.165, 1.54) is 18.1 Å². The molecular formula is C8H6N6S. The Morgan fingerprint density at radius 2 is 2.33 bits per heavy atom. The lowest BCUT2D eigenvalue weighted by molar-refractivity contribution is 0.966. The Morgan fingerprint density at radius 3 is 3.00 bits per heavy atom. The van der Waals surface area contributed by atoms with Crippen LogP contribution in [0, 0.1) is 11.3 Å². The van der Waals surface area contributed by atoms with Gasteiger partial charge in [-0.3, -0.25) is 5.10 Å². The molecule has 0 fully saturated rings. The Bertz CT molecular complexity index is 500. The maximum atomic E-state index is 8.73. The first-order valence-corrected chi connectivity index (χ1v) is 4.81. The van der Waals surface area contributed by atoms with E-state index in [1.807, 2.05) is 6.07 Å². The number of nitrogens with two attached hydrogens (primary N) is 1. The zero-order valence-corrected chi connectivity index (χ0v) is 8.32. The van der Waals surface area contributed by atoms with E-state index >= 15 is 0 Å². The number of hydrogen-bond donors (Lipinski definition) is 2. The average Bonchev–Trinajstić information content (AvgIpc) is 2.73. The van der Waals surface area contributed by atoms with Gasteiger partial charge in [0.1, 0.15) is 17.4 Å². The largest absolute Gasteiger partial charge is 0.396 e. The fraction of sp³-hybridized carbons (Fsp3) is 0. The summed E-state index contributed by atoms with van der Waals surface area (Å²) in [6.07, 6.45) is 1.41. The van der Waals surface area contributed by atoms with Crippen LogP contribution in [0.15, 0.2) is 28.6 Å². The summed E-state index contributed by atoms with van der Waals surface area (Å²) < 4.78 is 0. The van der Waals surface area contributed by atoms with Crippen molar-refractivity contribution in [2.45, 2.75) is 10.2 Å². The summed E-state index contributed by atoms with van der Waals surface area (Å²) in [6.45, 7) is 0. The van der Waals surface area contributed by atoms with Crippen molar-refractivity contribution in [3.63, 3.8) is 0 Å². The lowest BCUT2D eigenvalue weighted by Crippen LogP contribution is -1.94. The highest BCUT2D eigenvalue weighted by Gasteiger charge is 2.05. The minimum absolute atomic E-state index is 0.222. The van der Waals surface area contributed by atoms with E-state index in [-0.39, 0.29) is 5.69 Å². The number of aromatic amines is 1. The Morgan fingerprint density at radius 1 is 1.47 bits per heavy atom. The van der Waals surface area contributed by atoms with Gasteiger partial charge in [-0.05, 0) is 23.9 Å². The summed E-state index contributed by atoms with van der Waals surface area (Å²) >= 11 is 1.29. The van der Waals surface area contributed by atoms with Gasteiger partial charge in [-0.2, -0.15) is 10.4 Å². The monoisotopic (exact) mass is 218 g/mol. The van der Waals surface area contributed by atoms with Crippen LogP contribution in [0.25, 0.3) is 0 Å². The second kappa shape index (κ2) is 3.98. The number of nitrogens with one attached hydrogen (secondary N) is 1. The normalized spacial score (nSPS) is 9.80. The molecular weight excluding hydrogens is 212 g/mol. The molecule has 0 aliphatic rings. The zero-order valence-electron chi connectivity index (χ0n) is 7.51. The quantitative estimate of drug-likeness (QED) is 0.772. The molecule has 0 saturated carbocycles. The highest BCUT2D eigenvalue weighted by molar-refractivity contribution is 7.99. The predicted octanol–water partition coefficient (Wildman–Crippen LogP) is 0.805. The molecule has 0 saturated heterocycles. The topological polar surface area (TPSA) is 104 Å². The lowest BCUT2D eigenvalue weighted by atomic mass is 10.3. The van der Waals surface area contributed by atoms with E-state index in [0.717, 1.165) is 0 Å². The van der Waals surface area contributed by atoms with E-state index in [9.17, 15) is 0 Å². The van der Waals surface area contributed by atoms with E-state index in [2.05, 4.69) is 20.2 Å². The molecule has 2 rings (SSSR count). The lowest BCUT2D eigenvalue weighted by Gasteiger charge is -1.99. The maximum Gasteiger partial charge on any atom is 0.189 e. The highest BCUT2D eigenvalue weighted by Crippen LogP contribution is 2.23. The highest BCUT2D eigenvalue weighted by atomic mass is 32.2. The third kappa shape index (κ3) is 2.05. The van der Waals surface area contributed by atoms with Crippen LogP contribution < -0.4 is 5.73 Å². The van der Waals surface area contributed by atoms with Crippen LogP contribution in [0.5, 0.6) is 0 Å². The van der Waals surface area contributed by atoms with Crippen LogP contribution in [-0.2, 0) is 0 Å². The molecule has 0 amide bonds. The van der Waals surface area contributed by atoms with Crippen molar-refractivity contribution in [2.75, 3.05) is 5.73 Å². The second-order valence-corrected chi connectivity index (χ2v) is 3.60. The van der Waals surface area contributed by atoms with E-state index in [0.29, 0.717) is 15.9 Å². The first-order chi connectivity index (χ1) is 7.29. The minimum atomic E-state index is 0.222. The Kier molecular flexibility index (Phi) is 2.51. The molecule has 7 heteroatoms. The van der Waals surface area contributed by atoms with Crippen molar-refractivity contribution < 1.29 is 0 Å². The summed E-state index contributed by atoms with van der Waals surface area (Å²) in [4.78, 5) is 7.99. The number of anilines is 1. The molecule has 0 aliphatic carbocycles. The van der Waals surface area contributed by atoms with Gasteiger partial charge >= 0.3 is 0 Å². The molecule has 0 bridgehead atoms. The number of nitriles is 1. The number of rotatable bonds is 2. The van der Waals surface area contributed by atoms with E-state index < -0.39 is 0 Å². The van der Waals surface area contributed by atoms with Gasteiger partial charge < -0.3 is 5.73 Å². The smallest absolute Gasteiger partial charge is 0.189 e. The number of H-pyrrole nitrogens is 1. The van der Waals surface area contributed by atoms with Crippen molar-refractivity contribution in [3.8, 4) is 6.07 Å². The van der Waals surface area contributed by atoms with Crippen LogP contribution >= 0.6 is 11.8 Å². The molecule has 3 N–H and O–H groups in total. The molecule has 2 aromatic rings. The first kappa shape index (κ1) is 9.48. The summed E-state index contributed by atoms with van der Waals surface area (Å²) in [7, 11) is 0. The van der Waals surface area contributed by atoms with Gasteiger partial charge in [0.2, 0.25) is 0 Å². The Balaban J connectivity index is 2.27. The Hall–Kier alpha value is -2.07. The molecule has 0 unspecified atom stereocenters. The zero-order chi connectivity index (χ0) is 10.7. The molecule has 0 atom stereocenters. The van der Waals surface area contributed by atoms with Crippen molar-refractivity contribution in [1.29, 1.82) is 5.26 Å². The Labute approximate surface area is 89.5 Å². The molecule has 2 aromatic heterocycles. The molecule has 6 nitrogen and oxygen atoms in total. The number of nitrogen functional groups attached to an aromatic ring is 1. The minimum Gasteiger partial charge on any atom is -0.396 e.